The van der Waals surface area contributed by atoms with Crippen LogP contribution in [0.2, 0.25) is 0 Å². The quantitative estimate of drug-likeness (QED) is 0.787. The summed E-state index contributed by atoms with van der Waals surface area (Å²) in [5.74, 6) is -0.321. The van der Waals surface area contributed by atoms with Crippen molar-refractivity contribution in [3.8, 4) is 0 Å². The van der Waals surface area contributed by atoms with Crippen LogP contribution in [0.4, 0.5) is 8.78 Å². The van der Waals surface area contributed by atoms with Gasteiger partial charge in [-0.15, -0.1) is 0 Å². The fraction of sp³-hybridized carbons (Fsp3) is 0.455. The molecule has 1 rings (SSSR count). The van der Waals surface area contributed by atoms with Crippen LogP contribution in [-0.2, 0) is 0 Å². The standard InChI is InChI=1S/C11H14F2OS/c1-2-5-15-7-11(14)8-3-4-9(12)10(13)6-8/h3-4,6,11,14H,2,5,7H2,1H3. The highest BCUT2D eigenvalue weighted by Crippen LogP contribution is 2.20. The second-order valence-electron chi connectivity index (χ2n) is 3.26. The lowest BCUT2D eigenvalue weighted by Gasteiger charge is -2.10. The largest absolute Gasteiger partial charge is 0.388 e. The van der Waals surface area contributed by atoms with E-state index in [2.05, 4.69) is 6.92 Å². The minimum atomic E-state index is -0.910. The van der Waals surface area contributed by atoms with Crippen molar-refractivity contribution in [2.75, 3.05) is 11.5 Å². The third kappa shape index (κ3) is 3.80. The predicted molar refractivity (Wildman–Crippen MR) is 58.9 cm³/mol. The molecule has 0 radical (unpaired) electrons. The lowest BCUT2D eigenvalue weighted by atomic mass is 10.1. The zero-order valence-corrected chi connectivity index (χ0v) is 9.36. The molecule has 0 heterocycles. The molecular weight excluding hydrogens is 218 g/mol. The van der Waals surface area contributed by atoms with Crippen LogP contribution in [0.3, 0.4) is 0 Å². The van der Waals surface area contributed by atoms with Crippen molar-refractivity contribution in [1.82, 2.24) is 0 Å². The summed E-state index contributed by atoms with van der Waals surface area (Å²) in [6.07, 6.45) is 0.312. The maximum absolute atomic E-state index is 12.8. The van der Waals surface area contributed by atoms with E-state index in [-0.39, 0.29) is 0 Å². The number of benzene rings is 1. The Bertz CT molecular complexity index is 317. The van der Waals surface area contributed by atoms with Crippen LogP contribution in [0, 0.1) is 11.6 Å². The molecule has 0 aliphatic carbocycles. The molecule has 0 amide bonds. The van der Waals surface area contributed by atoms with Crippen molar-refractivity contribution in [2.45, 2.75) is 19.4 Å². The summed E-state index contributed by atoms with van der Waals surface area (Å²) in [6, 6.07) is 3.50. The molecule has 84 valence electrons. The van der Waals surface area contributed by atoms with Crippen LogP contribution >= 0.6 is 11.8 Å². The van der Waals surface area contributed by atoms with E-state index in [1.54, 1.807) is 11.8 Å². The summed E-state index contributed by atoms with van der Waals surface area (Å²) < 4.78 is 25.4. The van der Waals surface area contributed by atoms with Gasteiger partial charge in [-0.2, -0.15) is 11.8 Å². The zero-order chi connectivity index (χ0) is 11.3. The highest BCUT2D eigenvalue weighted by molar-refractivity contribution is 7.99. The Morgan fingerprint density at radius 3 is 2.67 bits per heavy atom. The van der Waals surface area contributed by atoms with Gasteiger partial charge >= 0.3 is 0 Å². The number of aliphatic hydroxyl groups is 1. The van der Waals surface area contributed by atoms with Gasteiger partial charge < -0.3 is 5.11 Å². The van der Waals surface area contributed by atoms with Gasteiger partial charge in [0.1, 0.15) is 0 Å². The molecule has 1 N–H and O–H groups in total. The first-order chi connectivity index (χ1) is 7.15. The molecule has 1 aromatic carbocycles. The zero-order valence-electron chi connectivity index (χ0n) is 8.54. The summed E-state index contributed by atoms with van der Waals surface area (Å²) in [5, 5.41) is 9.65. The first kappa shape index (κ1) is 12.5. The topological polar surface area (TPSA) is 20.2 Å². The molecule has 0 aliphatic rings. The molecule has 0 aromatic heterocycles. The molecule has 1 unspecified atom stereocenters. The molecule has 0 saturated carbocycles. The van der Waals surface area contributed by atoms with Crippen molar-refractivity contribution < 1.29 is 13.9 Å². The van der Waals surface area contributed by atoms with Crippen LogP contribution in [0.1, 0.15) is 25.0 Å². The van der Waals surface area contributed by atoms with E-state index in [0.717, 1.165) is 24.3 Å². The summed E-state index contributed by atoms with van der Waals surface area (Å²) in [5.41, 5.74) is 0.428. The monoisotopic (exact) mass is 232 g/mol. The fourth-order valence-corrected chi connectivity index (χ4v) is 2.03. The van der Waals surface area contributed by atoms with E-state index in [1.165, 1.54) is 6.07 Å². The van der Waals surface area contributed by atoms with E-state index in [4.69, 9.17) is 0 Å². The number of hydrogen-bond acceptors (Lipinski definition) is 2. The first-order valence-electron chi connectivity index (χ1n) is 4.86. The summed E-state index contributed by atoms with van der Waals surface area (Å²) >= 11 is 1.60. The number of rotatable bonds is 5. The van der Waals surface area contributed by atoms with Crippen molar-refractivity contribution >= 4 is 11.8 Å². The van der Waals surface area contributed by atoms with E-state index < -0.39 is 17.7 Å². The predicted octanol–water partition coefficient (Wildman–Crippen LogP) is 3.14. The lowest BCUT2D eigenvalue weighted by Crippen LogP contribution is -2.02. The average molecular weight is 232 g/mol. The number of aliphatic hydroxyl groups excluding tert-OH is 1. The third-order valence-corrected chi connectivity index (χ3v) is 3.20. The Labute approximate surface area is 92.5 Å². The molecule has 0 spiro atoms. The molecule has 0 saturated heterocycles. The van der Waals surface area contributed by atoms with Gasteiger partial charge in [-0.1, -0.05) is 13.0 Å². The maximum atomic E-state index is 12.8. The van der Waals surface area contributed by atoms with Crippen LogP contribution in [-0.4, -0.2) is 16.6 Å². The average Bonchev–Trinajstić information content (AvgIpc) is 2.22. The molecule has 1 nitrogen and oxygen atoms in total. The van der Waals surface area contributed by atoms with Gasteiger partial charge in [-0.05, 0) is 29.9 Å². The van der Waals surface area contributed by atoms with Crippen LogP contribution in [0.5, 0.6) is 0 Å². The molecular formula is C11H14F2OS. The van der Waals surface area contributed by atoms with Gasteiger partial charge in [-0.3, -0.25) is 0 Å². The third-order valence-electron chi connectivity index (χ3n) is 1.95. The van der Waals surface area contributed by atoms with Gasteiger partial charge in [0.15, 0.2) is 11.6 Å². The summed E-state index contributed by atoms with van der Waals surface area (Å²) in [6.45, 7) is 2.05. The smallest absolute Gasteiger partial charge is 0.159 e. The number of halogens is 2. The minimum absolute atomic E-state index is 0.428. The van der Waals surface area contributed by atoms with Crippen LogP contribution in [0.15, 0.2) is 18.2 Å². The Kier molecular flexibility index (Phi) is 5.05. The van der Waals surface area contributed by atoms with Crippen LogP contribution < -0.4 is 0 Å². The Morgan fingerprint density at radius 2 is 2.07 bits per heavy atom. The van der Waals surface area contributed by atoms with Crippen molar-refractivity contribution in [2.24, 2.45) is 0 Å². The highest BCUT2D eigenvalue weighted by atomic mass is 32.2. The van der Waals surface area contributed by atoms with Crippen molar-refractivity contribution in [3.63, 3.8) is 0 Å². The summed E-state index contributed by atoms with van der Waals surface area (Å²) in [7, 11) is 0. The molecule has 0 bridgehead atoms. The molecule has 1 atom stereocenters. The highest BCUT2D eigenvalue weighted by Gasteiger charge is 2.10. The molecule has 0 aliphatic heterocycles. The summed E-state index contributed by atoms with van der Waals surface area (Å²) in [4.78, 5) is 0. The number of thioether (sulfide) groups is 1. The van der Waals surface area contributed by atoms with Gasteiger partial charge in [0.2, 0.25) is 0 Å². The SMILES string of the molecule is CCCSCC(O)c1ccc(F)c(F)c1. The first-order valence-corrected chi connectivity index (χ1v) is 6.01. The second-order valence-corrected chi connectivity index (χ2v) is 4.41. The molecule has 4 heteroatoms. The lowest BCUT2D eigenvalue weighted by molar-refractivity contribution is 0.203. The van der Waals surface area contributed by atoms with Crippen molar-refractivity contribution in [1.29, 1.82) is 0 Å². The van der Waals surface area contributed by atoms with Crippen molar-refractivity contribution in [3.05, 3.63) is 35.4 Å². The van der Waals surface area contributed by atoms with Gasteiger partial charge in [0.05, 0.1) is 6.10 Å². The molecule has 0 fully saturated rings. The minimum Gasteiger partial charge on any atom is -0.388 e. The maximum Gasteiger partial charge on any atom is 0.159 e. The second kappa shape index (κ2) is 6.08. The fourth-order valence-electron chi connectivity index (χ4n) is 1.16. The molecule has 1 aromatic rings. The Balaban J connectivity index is 2.57. The van der Waals surface area contributed by atoms with E-state index in [0.29, 0.717) is 11.3 Å². The van der Waals surface area contributed by atoms with Gasteiger partial charge in [0.25, 0.3) is 0 Å². The van der Waals surface area contributed by atoms with Gasteiger partial charge in [0, 0.05) is 5.75 Å². The Hall–Kier alpha value is -0.610. The van der Waals surface area contributed by atoms with Gasteiger partial charge in [-0.25, -0.2) is 8.78 Å². The molecule has 15 heavy (non-hydrogen) atoms. The van der Waals surface area contributed by atoms with E-state index in [9.17, 15) is 13.9 Å². The normalized spacial score (nSPS) is 12.8. The van der Waals surface area contributed by atoms with E-state index in [1.807, 2.05) is 0 Å². The van der Waals surface area contributed by atoms with Crippen LogP contribution in [0.25, 0.3) is 0 Å². The number of hydrogen-bond donors (Lipinski definition) is 1. The Morgan fingerprint density at radius 1 is 1.33 bits per heavy atom. The van der Waals surface area contributed by atoms with E-state index >= 15 is 0 Å².